The van der Waals surface area contributed by atoms with Gasteiger partial charge in [-0.3, -0.25) is 9.97 Å². The van der Waals surface area contributed by atoms with Gasteiger partial charge < -0.3 is 10.2 Å². The lowest BCUT2D eigenvalue weighted by Gasteiger charge is -2.20. The number of anilines is 1. The van der Waals surface area contributed by atoms with Crippen molar-refractivity contribution in [2.75, 3.05) is 18.4 Å². The first-order valence-corrected chi connectivity index (χ1v) is 11.1. The molecular weight excluding hydrogens is 400 g/mol. The SMILES string of the molecule is O=C(Nc1ccc2nc3c4cccnc4c4ncccc4c3nc2c1)N1CCCCCC1. The zero-order chi connectivity index (χ0) is 21.5. The molecule has 3 aromatic heterocycles. The second kappa shape index (κ2) is 7.67. The number of carbonyl (C=O) groups is 1. The molecule has 0 bridgehead atoms. The van der Waals surface area contributed by atoms with E-state index in [1.165, 1.54) is 12.8 Å². The molecule has 1 fully saturated rings. The van der Waals surface area contributed by atoms with Crippen LogP contribution < -0.4 is 5.32 Å². The molecule has 0 atom stereocenters. The Bertz CT molecular complexity index is 1490. The summed E-state index contributed by atoms with van der Waals surface area (Å²) in [5.41, 5.74) is 5.48. The first-order valence-electron chi connectivity index (χ1n) is 11.1. The smallest absolute Gasteiger partial charge is 0.321 e. The van der Waals surface area contributed by atoms with Crippen LogP contribution in [-0.2, 0) is 0 Å². The predicted octanol–water partition coefficient (Wildman–Crippen LogP) is 5.29. The number of rotatable bonds is 1. The Morgan fingerprint density at radius 1 is 0.750 bits per heavy atom. The summed E-state index contributed by atoms with van der Waals surface area (Å²) in [5.74, 6) is 0. The minimum Gasteiger partial charge on any atom is -0.325 e. The highest BCUT2D eigenvalue weighted by Gasteiger charge is 2.17. The molecule has 0 unspecified atom stereocenters. The van der Waals surface area contributed by atoms with Crippen molar-refractivity contribution in [3.05, 3.63) is 54.9 Å². The van der Waals surface area contributed by atoms with E-state index in [1.807, 2.05) is 47.4 Å². The molecule has 2 aromatic carbocycles. The quantitative estimate of drug-likeness (QED) is 0.293. The topological polar surface area (TPSA) is 83.9 Å². The number of nitrogens with one attached hydrogen (secondary N) is 1. The van der Waals surface area contributed by atoms with Gasteiger partial charge in [-0.2, -0.15) is 0 Å². The summed E-state index contributed by atoms with van der Waals surface area (Å²) >= 11 is 0. The lowest BCUT2D eigenvalue weighted by atomic mass is 10.1. The second-order valence-corrected chi connectivity index (χ2v) is 8.25. The monoisotopic (exact) mass is 422 g/mol. The lowest BCUT2D eigenvalue weighted by Crippen LogP contribution is -2.35. The number of pyridine rings is 2. The van der Waals surface area contributed by atoms with Crippen LogP contribution in [0.2, 0.25) is 0 Å². The van der Waals surface area contributed by atoms with Crippen molar-refractivity contribution in [1.29, 1.82) is 0 Å². The lowest BCUT2D eigenvalue weighted by molar-refractivity contribution is 0.214. The zero-order valence-electron chi connectivity index (χ0n) is 17.6. The van der Waals surface area contributed by atoms with Gasteiger partial charge in [0.1, 0.15) is 0 Å². The summed E-state index contributed by atoms with van der Waals surface area (Å²) in [4.78, 5) is 33.7. The van der Waals surface area contributed by atoms with E-state index in [9.17, 15) is 4.79 Å². The van der Waals surface area contributed by atoms with Crippen molar-refractivity contribution in [3.63, 3.8) is 0 Å². The third kappa shape index (κ3) is 3.17. The van der Waals surface area contributed by atoms with Crippen LogP contribution in [0.1, 0.15) is 25.7 Å². The van der Waals surface area contributed by atoms with E-state index in [0.29, 0.717) is 0 Å². The highest BCUT2D eigenvalue weighted by atomic mass is 16.2. The van der Waals surface area contributed by atoms with Gasteiger partial charge in [-0.25, -0.2) is 14.8 Å². The Morgan fingerprint density at radius 3 is 2.03 bits per heavy atom. The maximum atomic E-state index is 12.8. The van der Waals surface area contributed by atoms with Crippen LogP contribution in [0.15, 0.2) is 54.9 Å². The van der Waals surface area contributed by atoms with E-state index >= 15 is 0 Å². The molecule has 0 saturated carbocycles. The van der Waals surface area contributed by atoms with Crippen molar-refractivity contribution < 1.29 is 4.79 Å². The predicted molar refractivity (Wildman–Crippen MR) is 127 cm³/mol. The number of amides is 2. The Kier molecular flexibility index (Phi) is 4.52. The molecule has 32 heavy (non-hydrogen) atoms. The number of hydrogen-bond acceptors (Lipinski definition) is 5. The molecule has 0 spiro atoms. The molecule has 7 nitrogen and oxygen atoms in total. The molecule has 0 aliphatic carbocycles. The van der Waals surface area contributed by atoms with E-state index < -0.39 is 0 Å². The largest absolute Gasteiger partial charge is 0.325 e. The summed E-state index contributed by atoms with van der Waals surface area (Å²) < 4.78 is 0. The fraction of sp³-hybridized carbons (Fsp3) is 0.240. The van der Waals surface area contributed by atoms with Gasteiger partial charge in [-0.1, -0.05) is 12.8 Å². The van der Waals surface area contributed by atoms with Gasteiger partial charge >= 0.3 is 6.03 Å². The minimum atomic E-state index is -0.0493. The fourth-order valence-corrected chi connectivity index (χ4v) is 4.55. The van der Waals surface area contributed by atoms with Crippen molar-refractivity contribution in [3.8, 4) is 0 Å². The van der Waals surface area contributed by atoms with Gasteiger partial charge in [0.05, 0.1) is 33.1 Å². The van der Waals surface area contributed by atoms with Crippen LogP contribution in [0.25, 0.3) is 43.9 Å². The highest BCUT2D eigenvalue weighted by molar-refractivity contribution is 6.21. The van der Waals surface area contributed by atoms with E-state index in [2.05, 4.69) is 15.3 Å². The summed E-state index contributed by atoms with van der Waals surface area (Å²) in [6, 6.07) is 13.5. The second-order valence-electron chi connectivity index (χ2n) is 8.25. The van der Waals surface area contributed by atoms with Crippen LogP contribution in [0.4, 0.5) is 10.5 Å². The zero-order valence-corrected chi connectivity index (χ0v) is 17.6. The Balaban J connectivity index is 1.47. The van der Waals surface area contributed by atoms with Crippen LogP contribution in [-0.4, -0.2) is 44.0 Å². The molecule has 6 rings (SSSR count). The number of benzene rings is 2. The van der Waals surface area contributed by atoms with Gasteiger partial charge in [0.2, 0.25) is 0 Å². The summed E-state index contributed by atoms with van der Waals surface area (Å²) in [7, 11) is 0. The molecule has 1 N–H and O–H groups in total. The molecular formula is C25H22N6O. The first kappa shape index (κ1) is 18.9. The summed E-state index contributed by atoms with van der Waals surface area (Å²) in [6.45, 7) is 1.62. The van der Waals surface area contributed by atoms with Crippen LogP contribution in [0.3, 0.4) is 0 Å². The van der Waals surface area contributed by atoms with E-state index in [-0.39, 0.29) is 6.03 Å². The van der Waals surface area contributed by atoms with Crippen molar-refractivity contribution in [2.45, 2.75) is 25.7 Å². The van der Waals surface area contributed by atoms with Gasteiger partial charge in [-0.15, -0.1) is 0 Å². The number of likely N-dealkylation sites (tertiary alicyclic amines) is 1. The van der Waals surface area contributed by atoms with Gasteiger partial charge in [0, 0.05) is 41.9 Å². The molecule has 2 amide bonds. The summed E-state index contributed by atoms with van der Waals surface area (Å²) in [5, 5.41) is 4.89. The van der Waals surface area contributed by atoms with Crippen molar-refractivity contribution in [1.82, 2.24) is 24.8 Å². The van der Waals surface area contributed by atoms with Crippen LogP contribution in [0.5, 0.6) is 0 Å². The molecule has 158 valence electrons. The number of hydrogen-bond donors (Lipinski definition) is 1. The number of aromatic nitrogens is 4. The van der Waals surface area contributed by atoms with E-state index in [0.717, 1.165) is 75.5 Å². The highest BCUT2D eigenvalue weighted by Crippen LogP contribution is 2.32. The van der Waals surface area contributed by atoms with Gasteiger partial charge in [0.15, 0.2) is 0 Å². The average Bonchev–Trinajstić information content (AvgIpc) is 3.13. The Hall–Kier alpha value is -3.87. The third-order valence-corrected chi connectivity index (χ3v) is 6.16. The number of urea groups is 1. The average molecular weight is 422 g/mol. The van der Waals surface area contributed by atoms with Gasteiger partial charge in [-0.05, 0) is 55.3 Å². The van der Waals surface area contributed by atoms with Crippen molar-refractivity contribution in [2.24, 2.45) is 0 Å². The molecule has 0 radical (unpaired) electrons. The van der Waals surface area contributed by atoms with E-state index in [4.69, 9.17) is 9.97 Å². The Morgan fingerprint density at radius 2 is 1.38 bits per heavy atom. The molecule has 4 heterocycles. The molecule has 1 aliphatic rings. The van der Waals surface area contributed by atoms with Crippen LogP contribution >= 0.6 is 0 Å². The van der Waals surface area contributed by atoms with Crippen LogP contribution in [0, 0.1) is 0 Å². The molecule has 7 heteroatoms. The summed E-state index contributed by atoms with van der Waals surface area (Å²) in [6.07, 6.45) is 8.05. The number of carbonyl (C=O) groups excluding carboxylic acids is 1. The fourth-order valence-electron chi connectivity index (χ4n) is 4.55. The standard InChI is InChI=1S/C25H22N6O/c32-25(31-13-3-1-2-4-14-31)28-16-9-10-19-20(15-16)30-24-18-8-6-12-27-22(18)21-17(23(24)29-19)7-5-11-26-21/h5-12,15H,1-4,13-14H2,(H,28,32). The number of fused-ring (bicyclic) bond motifs is 7. The minimum absolute atomic E-state index is 0.0493. The molecule has 1 aliphatic heterocycles. The van der Waals surface area contributed by atoms with E-state index in [1.54, 1.807) is 12.4 Å². The van der Waals surface area contributed by atoms with Crippen molar-refractivity contribution >= 4 is 55.6 Å². The van der Waals surface area contributed by atoms with Gasteiger partial charge in [0.25, 0.3) is 0 Å². The first-order chi connectivity index (χ1) is 15.8. The number of nitrogens with zero attached hydrogens (tertiary/aromatic N) is 5. The molecule has 1 saturated heterocycles. The molecule has 5 aromatic rings. The Labute approximate surface area is 184 Å². The maximum Gasteiger partial charge on any atom is 0.321 e. The normalized spacial score (nSPS) is 14.8. The maximum absolute atomic E-state index is 12.8. The third-order valence-electron chi connectivity index (χ3n) is 6.16.